The summed E-state index contributed by atoms with van der Waals surface area (Å²) in [6.45, 7) is 4.07. The van der Waals surface area contributed by atoms with Gasteiger partial charge in [-0.15, -0.1) is 0 Å². The molecule has 0 saturated carbocycles. The van der Waals surface area contributed by atoms with Gasteiger partial charge in [-0.25, -0.2) is 0 Å². The summed E-state index contributed by atoms with van der Waals surface area (Å²) in [5.74, 6) is 0.118. The second-order valence-electron chi connectivity index (χ2n) is 7.47. The monoisotopic (exact) mass is 432 g/mol. The molecule has 7 nitrogen and oxygen atoms in total. The highest BCUT2D eigenvalue weighted by Crippen LogP contribution is 2.52. The molecule has 160 valence electrons. The molecule has 1 saturated heterocycles. The topological polar surface area (TPSA) is 72.5 Å². The van der Waals surface area contributed by atoms with Gasteiger partial charge in [0.15, 0.2) is 11.9 Å². The van der Waals surface area contributed by atoms with E-state index in [1.165, 1.54) is 0 Å². The minimum Gasteiger partial charge on any atom is -0.457 e. The van der Waals surface area contributed by atoms with E-state index in [9.17, 15) is 4.57 Å². The Morgan fingerprint density at radius 3 is 2.10 bits per heavy atom. The first-order valence-electron chi connectivity index (χ1n) is 9.88. The first-order valence-corrected chi connectivity index (χ1v) is 11.3. The van der Waals surface area contributed by atoms with E-state index in [2.05, 4.69) is 0 Å². The summed E-state index contributed by atoms with van der Waals surface area (Å²) in [5.41, 5.74) is 0. The molecule has 2 aromatic rings. The molecule has 2 aliphatic heterocycles. The minimum atomic E-state index is -4.10. The van der Waals surface area contributed by atoms with Crippen LogP contribution in [-0.2, 0) is 23.3 Å². The Balaban J connectivity index is 1.52. The highest BCUT2D eigenvalue weighted by molar-refractivity contribution is 7.49. The van der Waals surface area contributed by atoms with Crippen LogP contribution in [0.15, 0.2) is 72.7 Å². The van der Waals surface area contributed by atoms with Gasteiger partial charge in [-0.1, -0.05) is 36.4 Å². The highest BCUT2D eigenvalue weighted by Gasteiger charge is 2.41. The fourth-order valence-corrected chi connectivity index (χ4v) is 4.44. The van der Waals surface area contributed by atoms with Crippen LogP contribution in [0.1, 0.15) is 26.7 Å². The van der Waals surface area contributed by atoms with Crippen molar-refractivity contribution in [1.82, 2.24) is 0 Å². The maximum atomic E-state index is 13.5. The predicted octanol–water partition coefficient (Wildman–Crippen LogP) is 5.44. The molecule has 0 radical (unpaired) electrons. The normalized spacial score (nSPS) is 23.2. The van der Waals surface area contributed by atoms with Crippen molar-refractivity contribution >= 4 is 7.82 Å². The van der Waals surface area contributed by atoms with Crippen molar-refractivity contribution in [2.45, 2.75) is 44.7 Å². The molecule has 0 unspecified atom stereocenters. The Kier molecular flexibility index (Phi) is 6.04. The molecule has 4 rings (SSSR count). The maximum Gasteiger partial charge on any atom is 0.649 e. The van der Waals surface area contributed by atoms with Crippen molar-refractivity contribution in [1.29, 1.82) is 0 Å². The smallest absolute Gasteiger partial charge is 0.457 e. The van der Waals surface area contributed by atoms with E-state index in [0.717, 1.165) is 6.42 Å². The number of rotatable bonds is 6. The van der Waals surface area contributed by atoms with Gasteiger partial charge in [0.1, 0.15) is 17.6 Å². The Morgan fingerprint density at radius 2 is 1.50 bits per heavy atom. The fraction of sp³-hybridized carbons (Fsp3) is 0.364. The van der Waals surface area contributed by atoms with E-state index >= 15 is 0 Å². The molecule has 0 aliphatic carbocycles. The molecule has 2 heterocycles. The number of ether oxygens (including phenoxy) is 3. The summed E-state index contributed by atoms with van der Waals surface area (Å²) in [6.07, 6.45) is 2.55. The van der Waals surface area contributed by atoms with Crippen LogP contribution < -0.4 is 9.05 Å². The molecule has 2 aliphatic rings. The molecule has 1 fully saturated rings. The number of benzene rings is 2. The van der Waals surface area contributed by atoms with Crippen molar-refractivity contribution in [2.75, 3.05) is 6.61 Å². The third-order valence-electron chi connectivity index (χ3n) is 4.60. The van der Waals surface area contributed by atoms with Gasteiger partial charge in [0.25, 0.3) is 5.95 Å². The number of phosphoric ester groups is 1. The lowest BCUT2D eigenvalue weighted by molar-refractivity contribution is -0.307. The van der Waals surface area contributed by atoms with E-state index in [1.54, 1.807) is 54.6 Å². The Hall–Kier alpha value is -2.47. The highest BCUT2D eigenvalue weighted by atomic mass is 31.2. The quantitative estimate of drug-likeness (QED) is 0.563. The SMILES string of the molecule is CC1(C)OC[C@H]2OC(OP(=O)(Oc3ccccc3)Oc3ccccc3)=CCC[C@@H]2O1. The molecule has 2 atom stereocenters. The molecule has 0 N–H and O–H groups in total. The zero-order valence-corrected chi connectivity index (χ0v) is 17.8. The molecular formula is C22H25O7P. The van der Waals surface area contributed by atoms with Gasteiger partial charge in [0.2, 0.25) is 0 Å². The Morgan fingerprint density at radius 1 is 0.900 bits per heavy atom. The van der Waals surface area contributed by atoms with E-state index < -0.39 is 13.6 Å². The van der Waals surface area contributed by atoms with Gasteiger partial charge in [-0.05, 0) is 57.0 Å². The summed E-state index contributed by atoms with van der Waals surface area (Å²) < 4.78 is 48.1. The van der Waals surface area contributed by atoms with Crippen molar-refractivity contribution in [3.05, 3.63) is 72.7 Å². The van der Waals surface area contributed by atoms with Crippen molar-refractivity contribution < 1.29 is 32.3 Å². The van der Waals surface area contributed by atoms with Gasteiger partial charge in [0.05, 0.1) is 6.61 Å². The second-order valence-corrected chi connectivity index (χ2v) is 8.91. The number of hydrogen-bond acceptors (Lipinski definition) is 7. The summed E-state index contributed by atoms with van der Waals surface area (Å²) >= 11 is 0. The van der Waals surface area contributed by atoms with Crippen LogP contribution in [-0.4, -0.2) is 24.6 Å². The van der Waals surface area contributed by atoms with E-state index in [4.69, 9.17) is 27.8 Å². The van der Waals surface area contributed by atoms with Gasteiger partial charge >= 0.3 is 7.82 Å². The lowest BCUT2D eigenvalue weighted by Crippen LogP contribution is -2.49. The molecular weight excluding hydrogens is 407 g/mol. The molecule has 0 bridgehead atoms. The Labute approximate surface area is 176 Å². The van der Waals surface area contributed by atoms with Crippen molar-refractivity contribution in [3.8, 4) is 11.5 Å². The fourth-order valence-electron chi connectivity index (χ4n) is 3.23. The summed E-state index contributed by atoms with van der Waals surface area (Å²) in [5, 5.41) is 0. The summed E-state index contributed by atoms with van der Waals surface area (Å²) in [4.78, 5) is 0. The van der Waals surface area contributed by atoms with Crippen LogP contribution in [0.5, 0.6) is 11.5 Å². The van der Waals surface area contributed by atoms with Gasteiger partial charge in [-0.2, -0.15) is 4.57 Å². The molecule has 0 amide bonds. The zero-order valence-electron chi connectivity index (χ0n) is 16.9. The second kappa shape index (κ2) is 8.72. The third-order valence-corrected chi connectivity index (χ3v) is 5.87. The van der Waals surface area contributed by atoms with Crippen molar-refractivity contribution in [2.24, 2.45) is 0 Å². The predicted molar refractivity (Wildman–Crippen MR) is 110 cm³/mol. The minimum absolute atomic E-state index is 0.0737. The lowest BCUT2D eigenvalue weighted by Gasteiger charge is -2.40. The number of para-hydroxylation sites is 2. The van der Waals surface area contributed by atoms with Crippen LogP contribution in [0, 0.1) is 0 Å². The van der Waals surface area contributed by atoms with Crippen LogP contribution in [0.25, 0.3) is 0 Å². The molecule has 0 spiro atoms. The van der Waals surface area contributed by atoms with Crippen LogP contribution in [0.3, 0.4) is 0 Å². The molecule has 0 aromatic heterocycles. The number of hydrogen-bond donors (Lipinski definition) is 0. The van der Waals surface area contributed by atoms with E-state index in [0.29, 0.717) is 24.5 Å². The average molecular weight is 432 g/mol. The number of fused-ring (bicyclic) bond motifs is 1. The van der Waals surface area contributed by atoms with Crippen LogP contribution in [0.4, 0.5) is 0 Å². The van der Waals surface area contributed by atoms with Crippen LogP contribution in [0.2, 0.25) is 0 Å². The van der Waals surface area contributed by atoms with Crippen molar-refractivity contribution in [3.63, 3.8) is 0 Å². The van der Waals surface area contributed by atoms with E-state index in [-0.39, 0.29) is 18.2 Å². The van der Waals surface area contributed by atoms with E-state index in [1.807, 2.05) is 26.0 Å². The standard InChI is InChI=1S/C22H25O7P/c1-22(2)24-16-20-19(26-22)14-9-15-21(25-20)29-30(23,27-17-10-5-3-6-11-17)28-18-12-7-4-8-13-18/h3-8,10-13,15,19-20H,9,14,16H2,1-2H3/t19-,20+/m0/s1. The zero-order chi connectivity index (χ0) is 21.0. The van der Waals surface area contributed by atoms with Crippen LogP contribution >= 0.6 is 7.82 Å². The molecule has 8 heteroatoms. The summed E-state index contributed by atoms with van der Waals surface area (Å²) in [7, 11) is -4.10. The molecule has 30 heavy (non-hydrogen) atoms. The Bertz CT molecular complexity index is 868. The first-order chi connectivity index (χ1) is 14.4. The lowest BCUT2D eigenvalue weighted by atomic mass is 10.1. The third kappa shape index (κ3) is 5.36. The summed E-state index contributed by atoms with van der Waals surface area (Å²) in [6, 6.07) is 17.4. The average Bonchev–Trinajstić information content (AvgIpc) is 2.89. The van der Waals surface area contributed by atoms with Gasteiger partial charge in [-0.3, -0.25) is 0 Å². The number of allylic oxidation sites excluding steroid dienone is 1. The van der Waals surface area contributed by atoms with Gasteiger partial charge in [0, 0.05) is 0 Å². The first kappa shape index (κ1) is 20.8. The molecule has 2 aromatic carbocycles. The largest absolute Gasteiger partial charge is 0.649 e. The maximum absolute atomic E-state index is 13.5. The number of phosphoric acid groups is 1. The van der Waals surface area contributed by atoms with Gasteiger partial charge < -0.3 is 27.8 Å².